The highest BCUT2D eigenvalue weighted by Gasteiger charge is 2.33. The maximum atomic E-state index is 13.1. The molecule has 38 heavy (non-hydrogen) atoms. The van der Waals surface area contributed by atoms with Crippen LogP contribution in [0.2, 0.25) is 0 Å². The standard InChI is InChI=1S/C21H35N9O8/c1-10(31)16(19(36)28-13(20(37)38)4-5-15(32)33)30-18(35)14(7-11-8-25-9-27-11)29-17(34)12(22)3-2-6-26-21(23)24/h8-10,12-14,16,31H,2-7,22H2,1H3,(H,25,27)(H,28,36)(H,29,34)(H,30,35)(H,32,33)(H,37,38)(H4,23,24,26). The SMILES string of the molecule is CC(O)C(NC(=O)C(Cc1cnc[nH]1)NC(=O)C(N)CCCN=C(N)N)C(=O)NC(CCC(=O)O)C(=O)O. The van der Waals surface area contributed by atoms with Gasteiger partial charge in [-0.05, 0) is 26.2 Å². The van der Waals surface area contributed by atoms with E-state index >= 15 is 0 Å². The second kappa shape index (κ2) is 15.8. The summed E-state index contributed by atoms with van der Waals surface area (Å²) in [5.41, 5.74) is 16.9. The van der Waals surface area contributed by atoms with Crippen molar-refractivity contribution in [2.45, 2.75) is 69.3 Å². The summed E-state index contributed by atoms with van der Waals surface area (Å²) in [6, 6.07) is -5.47. The number of guanidine groups is 1. The van der Waals surface area contributed by atoms with Crippen molar-refractivity contribution in [3.63, 3.8) is 0 Å². The highest BCUT2D eigenvalue weighted by atomic mass is 16.4. The van der Waals surface area contributed by atoms with Gasteiger partial charge in [0.15, 0.2) is 5.96 Å². The molecule has 0 radical (unpaired) electrons. The molecule has 17 nitrogen and oxygen atoms in total. The van der Waals surface area contributed by atoms with Crippen LogP contribution in [0.1, 0.15) is 38.3 Å². The minimum Gasteiger partial charge on any atom is -0.481 e. The average Bonchev–Trinajstić information content (AvgIpc) is 3.34. The van der Waals surface area contributed by atoms with Crippen LogP contribution in [0.15, 0.2) is 17.5 Å². The van der Waals surface area contributed by atoms with Gasteiger partial charge in [-0.3, -0.25) is 24.2 Å². The first-order valence-electron chi connectivity index (χ1n) is 11.6. The number of aromatic nitrogens is 2. The molecule has 0 aliphatic heterocycles. The van der Waals surface area contributed by atoms with Crippen LogP contribution >= 0.6 is 0 Å². The number of nitrogens with two attached hydrogens (primary N) is 3. The van der Waals surface area contributed by atoms with E-state index in [0.29, 0.717) is 12.1 Å². The zero-order valence-electron chi connectivity index (χ0n) is 20.8. The van der Waals surface area contributed by atoms with Gasteiger partial charge in [0, 0.05) is 31.3 Å². The normalized spacial score (nSPS) is 14.7. The molecule has 0 aliphatic carbocycles. The van der Waals surface area contributed by atoms with Crippen LogP contribution in [0, 0.1) is 0 Å². The summed E-state index contributed by atoms with van der Waals surface area (Å²) in [6.07, 6.45) is 0.853. The third-order valence-corrected chi connectivity index (χ3v) is 5.24. The number of imidazole rings is 1. The molecule has 0 aliphatic rings. The number of aliphatic hydroxyl groups is 1. The maximum Gasteiger partial charge on any atom is 0.326 e. The number of hydrogen-bond donors (Lipinski definition) is 10. The monoisotopic (exact) mass is 541 g/mol. The number of aliphatic carboxylic acids is 2. The van der Waals surface area contributed by atoms with Crippen LogP contribution in [0.5, 0.6) is 0 Å². The Morgan fingerprint density at radius 2 is 1.68 bits per heavy atom. The van der Waals surface area contributed by atoms with E-state index in [1.54, 1.807) is 0 Å². The molecule has 0 bridgehead atoms. The molecule has 0 saturated heterocycles. The van der Waals surface area contributed by atoms with Crippen LogP contribution in [-0.2, 0) is 30.4 Å². The first-order chi connectivity index (χ1) is 17.8. The number of H-pyrrole nitrogens is 1. The van der Waals surface area contributed by atoms with Crippen LogP contribution in [-0.4, -0.2) is 97.7 Å². The van der Waals surface area contributed by atoms with Gasteiger partial charge in [-0.1, -0.05) is 0 Å². The molecule has 1 aromatic heterocycles. The maximum absolute atomic E-state index is 13.1. The zero-order valence-corrected chi connectivity index (χ0v) is 20.8. The summed E-state index contributed by atoms with van der Waals surface area (Å²) >= 11 is 0. The molecule has 0 aromatic carbocycles. The molecule has 0 saturated carbocycles. The fourth-order valence-corrected chi connectivity index (χ4v) is 3.20. The number of aromatic amines is 1. The average molecular weight is 542 g/mol. The number of carbonyl (C=O) groups excluding carboxylic acids is 3. The third-order valence-electron chi connectivity index (χ3n) is 5.24. The van der Waals surface area contributed by atoms with Crippen LogP contribution in [0.3, 0.4) is 0 Å². The van der Waals surface area contributed by atoms with Gasteiger partial charge in [-0.25, -0.2) is 9.78 Å². The summed E-state index contributed by atoms with van der Waals surface area (Å²) in [5, 5.41) is 35.1. The number of amides is 3. The van der Waals surface area contributed by atoms with Gasteiger partial charge >= 0.3 is 11.9 Å². The first kappa shape index (κ1) is 31.8. The molecule has 5 atom stereocenters. The van der Waals surface area contributed by atoms with Gasteiger partial charge in [0.2, 0.25) is 17.7 Å². The number of aliphatic imine (C=N–C) groups is 1. The lowest BCUT2D eigenvalue weighted by Gasteiger charge is -2.26. The Morgan fingerprint density at radius 1 is 1.03 bits per heavy atom. The number of carbonyl (C=O) groups is 5. The fourth-order valence-electron chi connectivity index (χ4n) is 3.20. The molecule has 1 aromatic rings. The lowest BCUT2D eigenvalue weighted by molar-refractivity contribution is -0.144. The van der Waals surface area contributed by atoms with Crippen LogP contribution < -0.4 is 33.2 Å². The van der Waals surface area contributed by atoms with Gasteiger partial charge in [-0.2, -0.15) is 0 Å². The van der Waals surface area contributed by atoms with Crippen molar-refractivity contribution < 1.29 is 39.3 Å². The van der Waals surface area contributed by atoms with Gasteiger partial charge in [-0.15, -0.1) is 0 Å². The Bertz CT molecular complexity index is 979. The minimum absolute atomic E-state index is 0.0806. The number of carboxylic acids is 2. The number of hydrogen-bond acceptors (Lipinski definition) is 9. The fraction of sp³-hybridized carbons (Fsp3) is 0.571. The second-order valence-corrected chi connectivity index (χ2v) is 8.46. The van der Waals surface area contributed by atoms with Crippen LogP contribution in [0.25, 0.3) is 0 Å². The Morgan fingerprint density at radius 3 is 2.21 bits per heavy atom. The molecule has 5 unspecified atom stereocenters. The molecule has 13 N–H and O–H groups in total. The van der Waals surface area contributed by atoms with E-state index in [1.165, 1.54) is 19.4 Å². The number of rotatable bonds is 17. The van der Waals surface area contributed by atoms with Crippen molar-refractivity contribution in [1.82, 2.24) is 25.9 Å². The smallest absolute Gasteiger partial charge is 0.326 e. The second-order valence-electron chi connectivity index (χ2n) is 8.46. The Balaban J connectivity index is 2.95. The predicted octanol–water partition coefficient (Wildman–Crippen LogP) is -3.88. The van der Waals surface area contributed by atoms with Gasteiger partial charge in [0.1, 0.15) is 18.1 Å². The number of aliphatic hydroxyl groups excluding tert-OH is 1. The Hall–Kier alpha value is -4.25. The van der Waals surface area contributed by atoms with Crippen molar-refractivity contribution in [3.05, 3.63) is 18.2 Å². The molecule has 0 fully saturated rings. The van der Waals surface area contributed by atoms with E-state index < -0.39 is 72.8 Å². The minimum atomic E-state index is -1.62. The molecule has 3 amide bonds. The van der Waals surface area contributed by atoms with Crippen molar-refractivity contribution in [3.8, 4) is 0 Å². The molecular weight excluding hydrogens is 506 g/mol. The van der Waals surface area contributed by atoms with Gasteiger partial charge in [0.25, 0.3) is 0 Å². The van der Waals surface area contributed by atoms with Gasteiger partial charge in [0.05, 0.1) is 18.5 Å². The summed E-state index contributed by atoms with van der Waals surface area (Å²) in [4.78, 5) is 71.0. The van der Waals surface area contributed by atoms with E-state index in [0.717, 1.165) is 0 Å². The highest BCUT2D eigenvalue weighted by Crippen LogP contribution is 2.05. The predicted molar refractivity (Wildman–Crippen MR) is 132 cm³/mol. The molecular formula is C21H35N9O8. The van der Waals surface area contributed by atoms with E-state index in [2.05, 4.69) is 30.9 Å². The van der Waals surface area contributed by atoms with E-state index in [1.807, 2.05) is 0 Å². The van der Waals surface area contributed by atoms with Crippen molar-refractivity contribution >= 4 is 35.6 Å². The molecule has 212 valence electrons. The molecule has 1 heterocycles. The van der Waals surface area contributed by atoms with Gasteiger partial charge < -0.3 is 53.5 Å². The van der Waals surface area contributed by atoms with E-state index in [-0.39, 0.29) is 25.3 Å². The summed E-state index contributed by atoms with van der Waals surface area (Å²) < 4.78 is 0. The molecule has 17 heteroatoms. The number of carboxylic acid groups (broad SMARTS) is 2. The molecule has 0 spiro atoms. The summed E-state index contributed by atoms with van der Waals surface area (Å²) in [6.45, 7) is 1.43. The van der Waals surface area contributed by atoms with E-state index in [9.17, 15) is 34.2 Å². The van der Waals surface area contributed by atoms with Crippen molar-refractivity contribution in [1.29, 1.82) is 0 Å². The topological polar surface area (TPSA) is 301 Å². The van der Waals surface area contributed by atoms with Crippen LogP contribution in [0.4, 0.5) is 0 Å². The Labute approximate surface area is 217 Å². The first-order valence-corrected chi connectivity index (χ1v) is 11.6. The number of nitrogens with one attached hydrogen (secondary N) is 4. The van der Waals surface area contributed by atoms with Crippen molar-refractivity contribution in [2.24, 2.45) is 22.2 Å². The number of nitrogens with zero attached hydrogens (tertiary/aromatic N) is 2. The zero-order chi connectivity index (χ0) is 28.8. The van der Waals surface area contributed by atoms with Crippen molar-refractivity contribution in [2.75, 3.05) is 6.54 Å². The lowest BCUT2D eigenvalue weighted by Crippen LogP contribution is -2.60. The highest BCUT2D eigenvalue weighted by molar-refractivity contribution is 5.94. The summed E-state index contributed by atoms with van der Waals surface area (Å²) in [7, 11) is 0. The molecule has 1 rings (SSSR count). The summed E-state index contributed by atoms with van der Waals surface area (Å²) in [5.74, 6) is -5.47. The largest absolute Gasteiger partial charge is 0.481 e. The quantitative estimate of drug-likeness (QED) is 0.0514. The Kier molecular flexibility index (Phi) is 13.2. The lowest BCUT2D eigenvalue weighted by atomic mass is 10.1. The third kappa shape index (κ3) is 11.7. The van der Waals surface area contributed by atoms with E-state index in [4.69, 9.17) is 22.3 Å².